The number of aryl methyl sites for hydroxylation is 1. The molecule has 4 rings (SSSR count). The molecule has 28 heavy (non-hydrogen) atoms. The zero-order valence-corrected chi connectivity index (χ0v) is 15.1. The summed E-state index contributed by atoms with van der Waals surface area (Å²) in [6, 6.07) is 8.93. The van der Waals surface area contributed by atoms with E-state index in [0.29, 0.717) is 16.0 Å². The van der Waals surface area contributed by atoms with Gasteiger partial charge < -0.3 is 9.94 Å². The zero-order chi connectivity index (χ0) is 20.1. The molecule has 1 aliphatic rings. The summed E-state index contributed by atoms with van der Waals surface area (Å²) in [6.07, 6.45) is -3.36. The Kier molecular flexibility index (Phi) is 4.26. The van der Waals surface area contributed by atoms with Gasteiger partial charge in [0.15, 0.2) is 17.2 Å². The lowest BCUT2D eigenvalue weighted by atomic mass is 10.1. The van der Waals surface area contributed by atoms with E-state index < -0.39 is 11.9 Å². The van der Waals surface area contributed by atoms with Crippen molar-refractivity contribution in [2.24, 2.45) is 0 Å². The predicted octanol–water partition coefficient (Wildman–Crippen LogP) is 4.37. The van der Waals surface area contributed by atoms with Crippen molar-refractivity contribution in [1.29, 1.82) is 0 Å². The van der Waals surface area contributed by atoms with E-state index in [2.05, 4.69) is 10.1 Å². The predicted molar refractivity (Wildman–Crippen MR) is 94.7 cm³/mol. The normalized spacial score (nSPS) is 14.0. The maximum atomic E-state index is 13.3. The minimum Gasteiger partial charge on any atom is -0.616 e. The third kappa shape index (κ3) is 3.07. The number of hydrogen-bond acceptors (Lipinski definition) is 4. The number of rotatable bonds is 2. The van der Waals surface area contributed by atoms with Crippen molar-refractivity contribution in [3.05, 3.63) is 75.3 Å². The van der Waals surface area contributed by atoms with E-state index in [0.717, 1.165) is 16.3 Å². The molecule has 0 spiro atoms. The average Bonchev–Trinajstić information content (AvgIpc) is 3.08. The van der Waals surface area contributed by atoms with Gasteiger partial charge in [0.05, 0.1) is 10.6 Å². The van der Waals surface area contributed by atoms with Crippen LogP contribution >= 0.6 is 11.6 Å². The van der Waals surface area contributed by atoms with Gasteiger partial charge in [0, 0.05) is 18.3 Å². The van der Waals surface area contributed by atoms with E-state index in [1.807, 2.05) is 13.0 Å². The topological polar surface area (TPSA) is 66.0 Å². The summed E-state index contributed by atoms with van der Waals surface area (Å²) in [7, 11) is 0. The maximum absolute atomic E-state index is 13.3. The van der Waals surface area contributed by atoms with Crippen LogP contribution in [0, 0.1) is 12.1 Å². The number of pyridine rings is 1. The molecule has 0 amide bonds. The van der Waals surface area contributed by atoms with Crippen molar-refractivity contribution in [3.63, 3.8) is 0 Å². The molecule has 1 aliphatic heterocycles. The van der Waals surface area contributed by atoms with E-state index in [1.165, 1.54) is 18.3 Å². The van der Waals surface area contributed by atoms with Crippen LogP contribution < -0.4 is 0 Å². The van der Waals surface area contributed by atoms with Crippen molar-refractivity contribution in [3.8, 4) is 5.82 Å². The van der Waals surface area contributed by atoms with Gasteiger partial charge in [-0.15, -0.1) is 4.74 Å². The van der Waals surface area contributed by atoms with Crippen LogP contribution in [0.4, 0.5) is 18.9 Å². The van der Waals surface area contributed by atoms with Gasteiger partial charge >= 0.3 is 12.1 Å². The first-order valence-corrected chi connectivity index (χ1v) is 8.48. The molecular formula is C18H12ClF3N4O2. The molecule has 3 heterocycles. The monoisotopic (exact) mass is 408 g/mol. The fraction of sp³-hybridized carbons (Fsp3) is 0.167. The standard InChI is InChI=1S/C18H12ClF3N4O2/c1-10-4-5-11-9-28-17(26(27)13(11)7-10)14-8-15(18(20,21)22)24-25(14)16-12(19)3-2-6-23-16/h2-8H,9H2,1H3. The number of aromatic nitrogens is 3. The van der Waals surface area contributed by atoms with Gasteiger partial charge in [-0.3, -0.25) is 0 Å². The molecule has 0 radical (unpaired) electrons. The lowest BCUT2D eigenvalue weighted by Crippen LogP contribution is -2.25. The SMILES string of the molecule is Cc1ccc2c(c1)[N+]([O-])=C(c1cc(C(F)(F)F)nn1-c1ncccc1Cl)OC2. The molecule has 0 aliphatic carbocycles. The molecule has 0 N–H and O–H groups in total. The number of benzene rings is 1. The lowest BCUT2D eigenvalue weighted by molar-refractivity contribution is -0.380. The van der Waals surface area contributed by atoms with Crippen LogP contribution in [-0.4, -0.2) is 25.4 Å². The molecule has 0 fully saturated rings. The smallest absolute Gasteiger partial charge is 0.435 e. The number of alkyl halides is 3. The van der Waals surface area contributed by atoms with Crippen LogP contribution in [0.15, 0.2) is 42.6 Å². The van der Waals surface area contributed by atoms with E-state index in [4.69, 9.17) is 16.3 Å². The highest BCUT2D eigenvalue weighted by Crippen LogP contribution is 2.32. The Morgan fingerprint density at radius 1 is 1.25 bits per heavy atom. The van der Waals surface area contributed by atoms with E-state index in [-0.39, 0.29) is 29.0 Å². The Labute approximate surface area is 162 Å². The van der Waals surface area contributed by atoms with Crippen LogP contribution in [0.2, 0.25) is 5.02 Å². The van der Waals surface area contributed by atoms with E-state index >= 15 is 0 Å². The number of nitrogens with zero attached hydrogens (tertiary/aromatic N) is 4. The van der Waals surface area contributed by atoms with Crippen LogP contribution in [0.1, 0.15) is 22.5 Å². The largest absolute Gasteiger partial charge is 0.616 e. The third-order valence-electron chi connectivity index (χ3n) is 4.17. The van der Waals surface area contributed by atoms with Gasteiger partial charge in [0.25, 0.3) is 0 Å². The van der Waals surface area contributed by atoms with Crippen LogP contribution in [0.5, 0.6) is 0 Å². The first-order valence-electron chi connectivity index (χ1n) is 8.11. The first-order chi connectivity index (χ1) is 13.3. The fourth-order valence-electron chi connectivity index (χ4n) is 2.84. The third-order valence-corrected chi connectivity index (χ3v) is 4.46. The Balaban J connectivity index is 1.96. The Morgan fingerprint density at radius 2 is 2.04 bits per heavy atom. The number of hydrogen-bond donors (Lipinski definition) is 0. The molecule has 0 saturated carbocycles. The molecule has 6 nitrogen and oxygen atoms in total. The quantitative estimate of drug-likeness (QED) is 0.466. The van der Waals surface area contributed by atoms with E-state index in [1.54, 1.807) is 12.1 Å². The minimum absolute atomic E-state index is 0.0339. The molecule has 1 aromatic carbocycles. The Hall–Kier alpha value is -3.07. The van der Waals surface area contributed by atoms with Crippen LogP contribution in [0.3, 0.4) is 0 Å². The maximum Gasteiger partial charge on any atom is 0.435 e. The van der Waals surface area contributed by atoms with Crippen molar-refractivity contribution >= 4 is 23.2 Å². The molecule has 0 unspecified atom stereocenters. The van der Waals surface area contributed by atoms with Gasteiger partial charge in [-0.25, -0.2) is 9.67 Å². The first kappa shape index (κ1) is 18.3. The summed E-state index contributed by atoms with van der Waals surface area (Å²) in [6.45, 7) is 1.84. The van der Waals surface area contributed by atoms with Crippen LogP contribution in [0.25, 0.3) is 5.82 Å². The fourth-order valence-corrected chi connectivity index (χ4v) is 3.05. The summed E-state index contributed by atoms with van der Waals surface area (Å²) in [5, 5.41) is 16.5. The summed E-state index contributed by atoms with van der Waals surface area (Å²) in [5.41, 5.74) is 0.369. The minimum atomic E-state index is -4.72. The number of halogens is 4. The summed E-state index contributed by atoms with van der Waals surface area (Å²) >= 11 is 6.09. The molecule has 144 valence electrons. The summed E-state index contributed by atoms with van der Waals surface area (Å²) in [4.78, 5) is 3.99. The molecule has 10 heteroatoms. The van der Waals surface area contributed by atoms with E-state index in [9.17, 15) is 18.4 Å². The van der Waals surface area contributed by atoms with Gasteiger partial charge in [-0.1, -0.05) is 17.7 Å². The molecule has 0 saturated heterocycles. The second-order valence-corrected chi connectivity index (χ2v) is 6.56. The molecule has 2 aromatic heterocycles. The van der Waals surface area contributed by atoms with Gasteiger partial charge in [-0.05, 0) is 30.7 Å². The Morgan fingerprint density at radius 3 is 2.75 bits per heavy atom. The summed E-state index contributed by atoms with van der Waals surface area (Å²) in [5.74, 6) is -0.364. The Bertz CT molecular complexity index is 1110. The van der Waals surface area contributed by atoms with Crippen LogP contribution in [-0.2, 0) is 17.5 Å². The van der Waals surface area contributed by atoms with Crippen molar-refractivity contribution in [2.45, 2.75) is 19.7 Å². The number of ether oxygens (including phenoxy) is 1. The highest BCUT2D eigenvalue weighted by molar-refractivity contribution is 6.32. The van der Waals surface area contributed by atoms with Crippen molar-refractivity contribution in [1.82, 2.24) is 14.8 Å². The highest BCUT2D eigenvalue weighted by atomic mass is 35.5. The molecule has 0 atom stereocenters. The van der Waals surface area contributed by atoms with Gasteiger partial charge in [0.1, 0.15) is 6.61 Å². The lowest BCUT2D eigenvalue weighted by Gasteiger charge is -2.19. The number of fused-ring (bicyclic) bond motifs is 1. The summed E-state index contributed by atoms with van der Waals surface area (Å²) < 4.78 is 46.7. The van der Waals surface area contributed by atoms with Crippen molar-refractivity contribution in [2.75, 3.05) is 0 Å². The second-order valence-electron chi connectivity index (χ2n) is 6.15. The zero-order valence-electron chi connectivity index (χ0n) is 14.4. The van der Waals surface area contributed by atoms with Gasteiger partial charge in [-0.2, -0.15) is 18.3 Å². The van der Waals surface area contributed by atoms with Crippen molar-refractivity contribution < 1.29 is 22.6 Å². The van der Waals surface area contributed by atoms with Gasteiger partial charge in [0.2, 0.25) is 5.69 Å². The molecular weight excluding hydrogens is 397 g/mol. The highest BCUT2D eigenvalue weighted by Gasteiger charge is 2.39. The molecule has 0 bridgehead atoms. The molecule has 3 aromatic rings. The second kappa shape index (κ2) is 6.52. The average molecular weight is 409 g/mol.